The number of nitrogens with one attached hydrogen (secondary N) is 1. The second-order valence-electron chi connectivity index (χ2n) is 5.53. The molecule has 0 aromatic carbocycles. The maximum Gasteiger partial charge on any atom is 0.305 e. The summed E-state index contributed by atoms with van der Waals surface area (Å²) in [5.41, 5.74) is 0.435. The van der Waals surface area contributed by atoms with Gasteiger partial charge in [0.1, 0.15) is 0 Å². The van der Waals surface area contributed by atoms with Crippen LogP contribution in [0.3, 0.4) is 0 Å². The van der Waals surface area contributed by atoms with Gasteiger partial charge in [0, 0.05) is 38.4 Å². The summed E-state index contributed by atoms with van der Waals surface area (Å²) in [7, 11) is -3.53. The van der Waals surface area contributed by atoms with Gasteiger partial charge in [-0.25, -0.2) is 8.42 Å². The van der Waals surface area contributed by atoms with E-state index in [1.165, 1.54) is 4.31 Å². The first-order valence-corrected chi connectivity index (χ1v) is 8.98. The van der Waals surface area contributed by atoms with Gasteiger partial charge in [-0.1, -0.05) is 25.2 Å². The fourth-order valence-electron chi connectivity index (χ4n) is 2.42. The number of rotatable bonds is 4. The summed E-state index contributed by atoms with van der Waals surface area (Å²) < 4.78 is 26.7. The van der Waals surface area contributed by atoms with Crippen LogP contribution >= 0.6 is 11.3 Å². The number of hydrogen-bond donors (Lipinski definition) is 1. The van der Waals surface area contributed by atoms with Gasteiger partial charge in [-0.2, -0.15) is 4.31 Å². The molecule has 1 aromatic rings. The Kier molecular flexibility index (Phi) is 4.68. The van der Waals surface area contributed by atoms with Crippen molar-refractivity contribution in [3.63, 3.8) is 0 Å². The number of aromatic amines is 1. The van der Waals surface area contributed by atoms with Crippen LogP contribution in [0, 0.1) is 12.8 Å². The highest BCUT2D eigenvalue weighted by molar-refractivity contribution is 7.91. The molecule has 6 nitrogen and oxygen atoms in total. The Labute approximate surface area is 123 Å². The van der Waals surface area contributed by atoms with Crippen molar-refractivity contribution in [2.24, 2.45) is 5.92 Å². The van der Waals surface area contributed by atoms with Crippen LogP contribution in [0.15, 0.2) is 9.00 Å². The van der Waals surface area contributed by atoms with Crippen molar-refractivity contribution in [2.45, 2.75) is 25.0 Å². The van der Waals surface area contributed by atoms with Gasteiger partial charge in [0.15, 0.2) is 4.21 Å². The zero-order valence-electron chi connectivity index (χ0n) is 12.0. The van der Waals surface area contributed by atoms with Crippen LogP contribution < -0.4 is 4.87 Å². The van der Waals surface area contributed by atoms with E-state index < -0.39 is 10.0 Å². The Morgan fingerprint density at radius 3 is 2.30 bits per heavy atom. The zero-order chi connectivity index (χ0) is 14.9. The molecule has 20 heavy (non-hydrogen) atoms. The van der Waals surface area contributed by atoms with Gasteiger partial charge in [0.2, 0.25) is 0 Å². The molecule has 0 radical (unpaired) electrons. The Morgan fingerprint density at radius 2 is 1.85 bits per heavy atom. The standard InChI is InChI=1S/C12H21N3O3S2/c1-9(2)8-14-4-6-15(7-5-14)20(17,18)11-10(3)13-12(16)19-11/h9H,4-8H2,1-3H3,(H,13,16). The molecule has 0 amide bonds. The van der Waals surface area contributed by atoms with Crippen molar-refractivity contribution in [2.75, 3.05) is 32.7 Å². The molecule has 1 fully saturated rings. The Bertz CT molecular complexity index is 610. The molecule has 0 atom stereocenters. The van der Waals surface area contributed by atoms with Crippen molar-refractivity contribution in [1.29, 1.82) is 0 Å². The third-order valence-electron chi connectivity index (χ3n) is 3.31. The zero-order valence-corrected chi connectivity index (χ0v) is 13.7. The maximum absolute atomic E-state index is 12.5. The number of hydrogen-bond acceptors (Lipinski definition) is 5. The lowest BCUT2D eigenvalue weighted by atomic mass is 10.2. The minimum Gasteiger partial charge on any atom is -0.315 e. The number of aromatic nitrogens is 1. The molecular formula is C12H21N3O3S2. The lowest BCUT2D eigenvalue weighted by Crippen LogP contribution is -2.49. The van der Waals surface area contributed by atoms with Crippen molar-refractivity contribution >= 4 is 21.4 Å². The minimum absolute atomic E-state index is 0.153. The first-order chi connectivity index (χ1) is 9.30. The molecule has 0 unspecified atom stereocenters. The Balaban J connectivity index is 2.10. The van der Waals surface area contributed by atoms with Crippen LogP contribution in [0.25, 0.3) is 0 Å². The highest BCUT2D eigenvalue weighted by atomic mass is 32.2. The summed E-state index contributed by atoms with van der Waals surface area (Å²) in [4.78, 5) is 15.8. The highest BCUT2D eigenvalue weighted by Gasteiger charge is 2.31. The average Bonchev–Trinajstić information content (AvgIpc) is 2.69. The quantitative estimate of drug-likeness (QED) is 0.887. The predicted octanol–water partition coefficient (Wildman–Crippen LogP) is 0.707. The molecule has 114 valence electrons. The molecule has 1 aromatic heterocycles. The van der Waals surface area contributed by atoms with Crippen molar-refractivity contribution < 1.29 is 8.42 Å². The van der Waals surface area contributed by atoms with Gasteiger partial charge in [0.25, 0.3) is 10.0 Å². The minimum atomic E-state index is -3.53. The van der Waals surface area contributed by atoms with Crippen LogP contribution in [0.4, 0.5) is 0 Å². The summed E-state index contributed by atoms with van der Waals surface area (Å²) in [6.45, 7) is 9.39. The van der Waals surface area contributed by atoms with Crippen molar-refractivity contribution in [3.05, 3.63) is 15.4 Å². The molecule has 0 aliphatic carbocycles. The van der Waals surface area contributed by atoms with E-state index in [-0.39, 0.29) is 9.08 Å². The molecule has 2 heterocycles. The van der Waals surface area contributed by atoms with E-state index in [4.69, 9.17) is 0 Å². The van der Waals surface area contributed by atoms with Gasteiger partial charge in [-0.15, -0.1) is 0 Å². The van der Waals surface area contributed by atoms with Crippen LogP contribution in [-0.4, -0.2) is 55.3 Å². The number of piperazine rings is 1. The number of sulfonamides is 1. The summed E-state index contributed by atoms with van der Waals surface area (Å²) in [6, 6.07) is 0. The molecule has 8 heteroatoms. The smallest absolute Gasteiger partial charge is 0.305 e. The third kappa shape index (κ3) is 3.30. The normalized spacial score (nSPS) is 18.8. The summed E-state index contributed by atoms with van der Waals surface area (Å²) in [5.74, 6) is 0.579. The summed E-state index contributed by atoms with van der Waals surface area (Å²) in [5, 5.41) is 0. The van der Waals surface area contributed by atoms with Gasteiger partial charge in [0.05, 0.1) is 0 Å². The molecule has 1 aliphatic rings. The van der Waals surface area contributed by atoms with Gasteiger partial charge >= 0.3 is 4.87 Å². The van der Waals surface area contributed by atoms with E-state index in [2.05, 4.69) is 23.7 Å². The number of thiazole rings is 1. The summed E-state index contributed by atoms with van der Waals surface area (Å²) >= 11 is 0.772. The Hall–Kier alpha value is -0.700. The SMILES string of the molecule is Cc1[nH]c(=O)sc1S(=O)(=O)N1CCN(CC(C)C)CC1. The predicted molar refractivity (Wildman–Crippen MR) is 79.7 cm³/mol. The van der Waals surface area contributed by atoms with Crippen LogP contribution in [0.1, 0.15) is 19.5 Å². The van der Waals surface area contributed by atoms with Gasteiger partial charge in [-0.05, 0) is 12.8 Å². The van der Waals surface area contributed by atoms with Gasteiger partial charge in [-0.3, -0.25) is 4.79 Å². The average molecular weight is 319 g/mol. The molecule has 0 bridgehead atoms. The largest absolute Gasteiger partial charge is 0.315 e. The first-order valence-electron chi connectivity index (χ1n) is 6.73. The van der Waals surface area contributed by atoms with Crippen LogP contribution in [0.5, 0.6) is 0 Å². The fraction of sp³-hybridized carbons (Fsp3) is 0.750. The van der Waals surface area contributed by atoms with Gasteiger partial charge < -0.3 is 9.88 Å². The fourth-order valence-corrected chi connectivity index (χ4v) is 5.28. The second kappa shape index (κ2) is 5.97. The van der Waals surface area contributed by atoms with E-state index in [0.717, 1.165) is 31.0 Å². The first kappa shape index (κ1) is 15.7. The highest BCUT2D eigenvalue weighted by Crippen LogP contribution is 2.22. The van der Waals surface area contributed by atoms with E-state index >= 15 is 0 Å². The summed E-state index contributed by atoms with van der Waals surface area (Å²) in [6.07, 6.45) is 0. The number of H-pyrrole nitrogens is 1. The molecule has 1 saturated heterocycles. The molecule has 2 rings (SSSR count). The van der Waals surface area contributed by atoms with Crippen molar-refractivity contribution in [1.82, 2.24) is 14.2 Å². The topological polar surface area (TPSA) is 73.5 Å². The molecule has 0 spiro atoms. The number of aryl methyl sites for hydroxylation is 1. The van der Waals surface area contributed by atoms with E-state index in [1.54, 1.807) is 6.92 Å². The van der Waals surface area contributed by atoms with Crippen LogP contribution in [-0.2, 0) is 10.0 Å². The number of nitrogens with zero attached hydrogens (tertiary/aromatic N) is 2. The molecule has 1 N–H and O–H groups in total. The monoisotopic (exact) mass is 319 g/mol. The third-order valence-corrected chi connectivity index (χ3v) is 6.79. The molecular weight excluding hydrogens is 298 g/mol. The maximum atomic E-state index is 12.5. The molecule has 0 saturated carbocycles. The van der Waals surface area contributed by atoms with E-state index in [0.29, 0.717) is 24.7 Å². The Morgan fingerprint density at radius 1 is 1.25 bits per heavy atom. The van der Waals surface area contributed by atoms with Crippen LogP contribution in [0.2, 0.25) is 0 Å². The van der Waals surface area contributed by atoms with E-state index in [1.807, 2.05) is 0 Å². The van der Waals surface area contributed by atoms with Crippen molar-refractivity contribution in [3.8, 4) is 0 Å². The lowest BCUT2D eigenvalue weighted by molar-refractivity contribution is 0.172. The van der Waals surface area contributed by atoms with E-state index in [9.17, 15) is 13.2 Å². The second-order valence-corrected chi connectivity index (χ2v) is 8.64. The lowest BCUT2D eigenvalue weighted by Gasteiger charge is -2.34. The molecule has 1 aliphatic heterocycles.